The third kappa shape index (κ3) is 3.38. The van der Waals surface area contributed by atoms with Crippen LogP contribution >= 0.6 is 15.9 Å². The first kappa shape index (κ1) is 19.5. The largest absolute Gasteiger partial charge is 0.384 e. The Balaban J connectivity index is 1.99. The van der Waals surface area contributed by atoms with Crippen molar-refractivity contribution in [3.63, 3.8) is 0 Å². The van der Waals surface area contributed by atoms with E-state index in [0.717, 1.165) is 27.8 Å². The van der Waals surface area contributed by atoms with Crippen molar-refractivity contribution in [2.75, 3.05) is 4.90 Å². The Hall–Kier alpha value is -2.84. The molecular formula is C24H22BrN3O. The highest BCUT2D eigenvalue weighted by atomic mass is 79.9. The lowest BCUT2D eigenvalue weighted by Crippen LogP contribution is -2.42. The summed E-state index contributed by atoms with van der Waals surface area (Å²) < 4.78 is 0.948. The predicted molar refractivity (Wildman–Crippen MR) is 118 cm³/mol. The fourth-order valence-corrected chi connectivity index (χ4v) is 4.63. The zero-order chi connectivity index (χ0) is 20.8. The smallest absolute Gasteiger partial charge is 0.162 e. The fourth-order valence-electron chi connectivity index (χ4n) is 4.37. The van der Waals surface area contributed by atoms with Crippen LogP contribution in [0.5, 0.6) is 0 Å². The Bertz CT molecular complexity index is 1080. The van der Waals surface area contributed by atoms with E-state index in [4.69, 9.17) is 5.73 Å². The van der Waals surface area contributed by atoms with Gasteiger partial charge in [-0.1, -0.05) is 60.1 Å². The van der Waals surface area contributed by atoms with E-state index in [-0.39, 0.29) is 11.2 Å². The molecule has 2 N–H and O–H groups in total. The molecule has 1 unspecified atom stereocenters. The molecule has 0 saturated heterocycles. The Morgan fingerprint density at radius 2 is 1.76 bits per heavy atom. The molecule has 1 aliphatic carbocycles. The van der Waals surface area contributed by atoms with E-state index in [1.165, 1.54) is 0 Å². The number of nitrogens with zero attached hydrogens (tertiary/aromatic N) is 2. The lowest BCUT2D eigenvalue weighted by molar-refractivity contribution is -0.118. The van der Waals surface area contributed by atoms with Gasteiger partial charge in [0, 0.05) is 27.9 Å². The van der Waals surface area contributed by atoms with Gasteiger partial charge in [-0.2, -0.15) is 5.26 Å². The van der Waals surface area contributed by atoms with Crippen LogP contribution in [0.2, 0.25) is 0 Å². The molecule has 146 valence electrons. The average Bonchev–Trinajstić information content (AvgIpc) is 2.67. The van der Waals surface area contributed by atoms with E-state index in [0.29, 0.717) is 23.4 Å². The molecule has 0 spiro atoms. The molecule has 0 amide bonds. The first-order valence-electron chi connectivity index (χ1n) is 9.59. The number of hydrogen-bond acceptors (Lipinski definition) is 4. The minimum absolute atomic E-state index is 0.0883. The quantitative estimate of drug-likeness (QED) is 0.669. The monoisotopic (exact) mass is 447 g/mol. The van der Waals surface area contributed by atoms with Gasteiger partial charge >= 0.3 is 0 Å². The SMILES string of the molecule is CC1(C)CC(=O)C2=C(C1)N(c1ccccc1)C(N)=C(C#N)C2c1ccc(Br)cc1. The van der Waals surface area contributed by atoms with Crippen LogP contribution in [0, 0.1) is 16.7 Å². The highest BCUT2D eigenvalue weighted by Crippen LogP contribution is 2.50. The van der Waals surface area contributed by atoms with Gasteiger partial charge in [-0.15, -0.1) is 0 Å². The number of halogens is 1. The number of nitrogens with two attached hydrogens (primary N) is 1. The first-order valence-corrected chi connectivity index (χ1v) is 10.4. The van der Waals surface area contributed by atoms with Crippen molar-refractivity contribution in [2.24, 2.45) is 11.1 Å². The molecule has 0 radical (unpaired) electrons. The number of nitriles is 1. The van der Waals surface area contributed by atoms with Gasteiger partial charge in [-0.25, -0.2) is 0 Å². The van der Waals surface area contributed by atoms with Gasteiger partial charge in [0.1, 0.15) is 5.82 Å². The van der Waals surface area contributed by atoms with Crippen molar-refractivity contribution >= 4 is 27.4 Å². The summed E-state index contributed by atoms with van der Waals surface area (Å²) in [5, 5.41) is 10.0. The number of ketones is 1. The second kappa shape index (κ2) is 7.20. The predicted octanol–water partition coefficient (Wildman–Crippen LogP) is 5.39. The molecule has 5 heteroatoms. The van der Waals surface area contributed by atoms with Gasteiger partial charge < -0.3 is 5.73 Å². The maximum Gasteiger partial charge on any atom is 0.162 e. The average molecular weight is 448 g/mol. The summed E-state index contributed by atoms with van der Waals surface area (Å²) in [7, 11) is 0. The van der Waals surface area contributed by atoms with Gasteiger partial charge in [0.2, 0.25) is 0 Å². The zero-order valence-corrected chi connectivity index (χ0v) is 18.0. The van der Waals surface area contributed by atoms with Crippen LogP contribution in [0.1, 0.15) is 38.2 Å². The summed E-state index contributed by atoms with van der Waals surface area (Å²) >= 11 is 3.46. The van der Waals surface area contributed by atoms with Gasteiger partial charge in [0.15, 0.2) is 5.78 Å². The molecule has 4 rings (SSSR count). The number of anilines is 1. The zero-order valence-electron chi connectivity index (χ0n) is 16.4. The van der Waals surface area contributed by atoms with Gasteiger partial charge in [-0.3, -0.25) is 9.69 Å². The molecule has 29 heavy (non-hydrogen) atoms. The number of benzene rings is 2. The molecule has 0 fully saturated rings. The van der Waals surface area contributed by atoms with Crippen LogP contribution in [-0.2, 0) is 4.79 Å². The molecule has 0 saturated carbocycles. The van der Waals surface area contributed by atoms with Crippen molar-refractivity contribution in [2.45, 2.75) is 32.6 Å². The molecule has 2 aromatic rings. The number of carbonyl (C=O) groups is 1. The lowest BCUT2D eigenvalue weighted by Gasteiger charge is -2.43. The van der Waals surface area contributed by atoms with E-state index >= 15 is 0 Å². The van der Waals surface area contributed by atoms with E-state index in [2.05, 4.69) is 35.8 Å². The number of allylic oxidation sites excluding steroid dienone is 3. The second-order valence-corrected chi connectivity index (χ2v) is 9.28. The van der Waals surface area contributed by atoms with Crippen molar-refractivity contribution in [1.82, 2.24) is 0 Å². The third-order valence-corrected chi connectivity index (χ3v) is 6.13. The van der Waals surface area contributed by atoms with Crippen molar-refractivity contribution in [1.29, 1.82) is 5.26 Å². The molecule has 0 aromatic heterocycles. The number of carbonyl (C=O) groups excluding carboxylic acids is 1. The van der Waals surface area contributed by atoms with Crippen LogP contribution in [0.3, 0.4) is 0 Å². The summed E-state index contributed by atoms with van der Waals surface area (Å²) in [6.07, 6.45) is 1.18. The summed E-state index contributed by atoms with van der Waals surface area (Å²) in [5.41, 5.74) is 10.2. The standard InChI is InChI=1S/C24H22BrN3O/c1-24(2)12-19-22(20(29)13-24)21(15-8-10-16(25)11-9-15)18(14-26)23(27)28(19)17-6-4-3-5-7-17/h3-11,21H,12-13,27H2,1-2H3. The van der Waals surface area contributed by atoms with Crippen molar-refractivity contribution < 1.29 is 4.79 Å². The summed E-state index contributed by atoms with van der Waals surface area (Å²) in [5.74, 6) is 0.0490. The van der Waals surface area contributed by atoms with Gasteiger partial charge in [0.05, 0.1) is 17.6 Å². The second-order valence-electron chi connectivity index (χ2n) is 8.37. The van der Waals surface area contributed by atoms with Crippen LogP contribution in [-0.4, -0.2) is 5.78 Å². The van der Waals surface area contributed by atoms with Gasteiger partial charge in [-0.05, 0) is 41.7 Å². The Morgan fingerprint density at radius 1 is 1.10 bits per heavy atom. The number of para-hydroxylation sites is 1. The Kier molecular flexibility index (Phi) is 4.84. The normalized spacial score (nSPS) is 21.1. The third-order valence-electron chi connectivity index (χ3n) is 5.60. The highest BCUT2D eigenvalue weighted by Gasteiger charge is 2.44. The van der Waals surface area contributed by atoms with Crippen LogP contribution in [0.15, 0.2) is 81.7 Å². The molecule has 2 aliphatic rings. The summed E-state index contributed by atoms with van der Waals surface area (Å²) in [6, 6.07) is 19.8. The molecule has 4 nitrogen and oxygen atoms in total. The van der Waals surface area contributed by atoms with E-state index in [9.17, 15) is 10.1 Å². The number of Topliss-reactive ketones (excluding diaryl/α,β-unsaturated/α-hetero) is 1. The summed E-state index contributed by atoms with van der Waals surface area (Å²) in [4.78, 5) is 15.3. The Morgan fingerprint density at radius 3 is 2.38 bits per heavy atom. The van der Waals surface area contributed by atoms with E-state index < -0.39 is 5.92 Å². The van der Waals surface area contributed by atoms with Crippen molar-refractivity contribution in [3.8, 4) is 6.07 Å². The first-order chi connectivity index (χ1) is 13.8. The summed E-state index contributed by atoms with van der Waals surface area (Å²) in [6.45, 7) is 4.21. The van der Waals surface area contributed by atoms with Crippen molar-refractivity contribution in [3.05, 3.63) is 87.3 Å². The minimum Gasteiger partial charge on any atom is -0.384 e. The maximum atomic E-state index is 13.4. The van der Waals surface area contributed by atoms with Gasteiger partial charge in [0.25, 0.3) is 0 Å². The molecule has 1 aliphatic heterocycles. The molecule has 1 heterocycles. The molecule has 2 aromatic carbocycles. The van der Waals surface area contributed by atoms with Crippen LogP contribution in [0.25, 0.3) is 0 Å². The topological polar surface area (TPSA) is 70.1 Å². The molecule has 1 atom stereocenters. The van der Waals surface area contributed by atoms with Crippen LogP contribution < -0.4 is 10.6 Å². The molecule has 0 bridgehead atoms. The minimum atomic E-state index is -0.438. The Labute approximate surface area is 179 Å². The number of hydrogen-bond donors (Lipinski definition) is 1. The van der Waals surface area contributed by atoms with Crippen LogP contribution in [0.4, 0.5) is 5.69 Å². The number of rotatable bonds is 2. The molecular weight excluding hydrogens is 426 g/mol. The van der Waals surface area contributed by atoms with E-state index in [1.54, 1.807) is 0 Å². The lowest BCUT2D eigenvalue weighted by atomic mass is 9.68. The fraction of sp³-hybridized carbons (Fsp3) is 0.250. The van der Waals surface area contributed by atoms with E-state index in [1.807, 2.05) is 59.5 Å². The highest BCUT2D eigenvalue weighted by molar-refractivity contribution is 9.10. The maximum absolute atomic E-state index is 13.4.